The van der Waals surface area contributed by atoms with Crippen molar-refractivity contribution in [2.24, 2.45) is 11.3 Å². The molecule has 1 aliphatic rings. The van der Waals surface area contributed by atoms with E-state index in [1.165, 1.54) is 6.42 Å². The number of oxazole rings is 1. The molecule has 1 fully saturated rings. The third-order valence-corrected chi connectivity index (χ3v) is 4.08. The number of benzene rings is 1. The summed E-state index contributed by atoms with van der Waals surface area (Å²) in [5, 5.41) is 0. The molecule has 1 aliphatic heterocycles. The number of nitrogen functional groups attached to an aromatic ring is 1. The van der Waals surface area contributed by atoms with Gasteiger partial charge in [0.05, 0.1) is 0 Å². The van der Waals surface area contributed by atoms with Gasteiger partial charge in [0.25, 0.3) is 6.01 Å². The first-order valence-corrected chi connectivity index (χ1v) is 6.84. The second-order valence-electron chi connectivity index (χ2n) is 6.52. The number of hydrogen-bond acceptors (Lipinski definition) is 4. The second kappa shape index (κ2) is 4.15. The minimum atomic E-state index is 0.338. The molecule has 0 aliphatic carbocycles. The van der Waals surface area contributed by atoms with Crippen molar-refractivity contribution in [3.8, 4) is 0 Å². The Morgan fingerprint density at radius 2 is 2.16 bits per heavy atom. The molecular weight excluding hydrogens is 238 g/mol. The Balaban J connectivity index is 1.86. The highest BCUT2D eigenvalue weighted by molar-refractivity contribution is 5.78. The van der Waals surface area contributed by atoms with Crippen molar-refractivity contribution in [2.75, 3.05) is 23.7 Å². The summed E-state index contributed by atoms with van der Waals surface area (Å²) in [5.74, 6) is 0.688. The van der Waals surface area contributed by atoms with Crippen molar-refractivity contribution in [3.05, 3.63) is 18.2 Å². The van der Waals surface area contributed by atoms with E-state index in [0.29, 0.717) is 11.3 Å². The molecule has 3 rings (SSSR count). The van der Waals surface area contributed by atoms with Crippen molar-refractivity contribution in [1.82, 2.24) is 4.98 Å². The predicted molar refractivity (Wildman–Crippen MR) is 78.2 cm³/mol. The third kappa shape index (κ3) is 2.27. The number of nitrogens with two attached hydrogens (primary N) is 1. The number of rotatable bonds is 1. The summed E-state index contributed by atoms with van der Waals surface area (Å²) in [5.41, 5.74) is 8.48. The first-order chi connectivity index (χ1) is 8.93. The van der Waals surface area contributed by atoms with Crippen LogP contribution in [0.2, 0.25) is 0 Å². The normalized spacial score (nSPS) is 20.4. The minimum Gasteiger partial charge on any atom is -0.423 e. The average molecular weight is 259 g/mol. The molecule has 0 spiro atoms. The zero-order valence-corrected chi connectivity index (χ0v) is 11.8. The molecule has 1 aromatic heterocycles. The summed E-state index contributed by atoms with van der Waals surface area (Å²) in [6.45, 7) is 8.94. The fourth-order valence-electron chi connectivity index (χ4n) is 2.71. The molecule has 1 saturated heterocycles. The fraction of sp³-hybridized carbons (Fsp3) is 0.533. The van der Waals surface area contributed by atoms with Crippen LogP contribution in [-0.2, 0) is 0 Å². The first-order valence-electron chi connectivity index (χ1n) is 6.84. The Bertz CT molecular complexity index is 597. The molecule has 4 heteroatoms. The van der Waals surface area contributed by atoms with E-state index in [-0.39, 0.29) is 0 Å². The summed E-state index contributed by atoms with van der Waals surface area (Å²) >= 11 is 0. The van der Waals surface area contributed by atoms with Gasteiger partial charge in [-0.05, 0) is 36.0 Å². The van der Waals surface area contributed by atoms with E-state index in [4.69, 9.17) is 10.2 Å². The summed E-state index contributed by atoms with van der Waals surface area (Å²) < 4.78 is 5.83. The number of aromatic nitrogens is 1. The number of anilines is 2. The van der Waals surface area contributed by atoms with Crippen LogP contribution >= 0.6 is 0 Å². The van der Waals surface area contributed by atoms with Crippen LogP contribution in [0.4, 0.5) is 11.7 Å². The molecule has 0 saturated carbocycles. The average Bonchev–Trinajstić information content (AvgIpc) is 2.92. The molecule has 0 bridgehead atoms. The Morgan fingerprint density at radius 3 is 2.84 bits per heavy atom. The van der Waals surface area contributed by atoms with Gasteiger partial charge in [0, 0.05) is 18.8 Å². The Hall–Kier alpha value is -1.71. The van der Waals surface area contributed by atoms with E-state index >= 15 is 0 Å². The van der Waals surface area contributed by atoms with Crippen molar-refractivity contribution >= 4 is 22.8 Å². The maximum Gasteiger partial charge on any atom is 0.298 e. The minimum absolute atomic E-state index is 0.338. The highest BCUT2D eigenvalue weighted by Crippen LogP contribution is 2.36. The summed E-state index contributed by atoms with van der Waals surface area (Å²) in [4.78, 5) is 6.79. The second-order valence-corrected chi connectivity index (χ2v) is 6.52. The van der Waals surface area contributed by atoms with E-state index in [1.54, 1.807) is 0 Å². The molecule has 102 valence electrons. The number of nitrogens with zero attached hydrogens (tertiary/aromatic N) is 2. The van der Waals surface area contributed by atoms with Gasteiger partial charge >= 0.3 is 0 Å². The van der Waals surface area contributed by atoms with E-state index in [0.717, 1.165) is 35.9 Å². The topological polar surface area (TPSA) is 55.3 Å². The molecule has 1 unspecified atom stereocenters. The lowest BCUT2D eigenvalue weighted by molar-refractivity contribution is 0.263. The number of fused-ring (bicyclic) bond motifs is 1. The zero-order valence-electron chi connectivity index (χ0n) is 11.8. The van der Waals surface area contributed by atoms with Crippen LogP contribution in [0.5, 0.6) is 0 Å². The zero-order chi connectivity index (χ0) is 13.6. The van der Waals surface area contributed by atoms with E-state index in [1.807, 2.05) is 18.2 Å². The molecular formula is C15H21N3O. The van der Waals surface area contributed by atoms with E-state index in [9.17, 15) is 0 Å². The van der Waals surface area contributed by atoms with Crippen LogP contribution in [0, 0.1) is 11.3 Å². The van der Waals surface area contributed by atoms with Gasteiger partial charge in [-0.2, -0.15) is 4.98 Å². The Kier molecular flexibility index (Phi) is 2.69. The van der Waals surface area contributed by atoms with Crippen molar-refractivity contribution in [2.45, 2.75) is 27.2 Å². The lowest BCUT2D eigenvalue weighted by atomic mass is 9.80. The summed E-state index contributed by atoms with van der Waals surface area (Å²) in [6.07, 6.45) is 1.20. The molecule has 4 nitrogen and oxygen atoms in total. The van der Waals surface area contributed by atoms with Gasteiger partial charge in [-0.25, -0.2) is 0 Å². The van der Waals surface area contributed by atoms with Gasteiger partial charge in [0.1, 0.15) is 5.52 Å². The predicted octanol–water partition coefficient (Wildman–Crippen LogP) is 3.28. The van der Waals surface area contributed by atoms with Crippen LogP contribution in [-0.4, -0.2) is 18.1 Å². The van der Waals surface area contributed by atoms with Crippen LogP contribution in [0.15, 0.2) is 22.6 Å². The first kappa shape index (κ1) is 12.3. The fourth-order valence-corrected chi connectivity index (χ4v) is 2.71. The monoisotopic (exact) mass is 259 g/mol. The van der Waals surface area contributed by atoms with Gasteiger partial charge in [0.15, 0.2) is 5.58 Å². The smallest absolute Gasteiger partial charge is 0.298 e. The Labute approximate surface area is 113 Å². The van der Waals surface area contributed by atoms with Crippen molar-refractivity contribution in [1.29, 1.82) is 0 Å². The van der Waals surface area contributed by atoms with Gasteiger partial charge in [0.2, 0.25) is 0 Å². The van der Waals surface area contributed by atoms with Gasteiger partial charge in [-0.3, -0.25) is 0 Å². The van der Waals surface area contributed by atoms with E-state index in [2.05, 4.69) is 30.7 Å². The molecule has 2 heterocycles. The van der Waals surface area contributed by atoms with Crippen molar-refractivity contribution in [3.63, 3.8) is 0 Å². The summed E-state index contributed by atoms with van der Waals surface area (Å²) in [6, 6.07) is 6.32. The molecule has 0 amide bonds. The van der Waals surface area contributed by atoms with Crippen molar-refractivity contribution < 1.29 is 4.42 Å². The van der Waals surface area contributed by atoms with E-state index < -0.39 is 0 Å². The maximum absolute atomic E-state index is 5.83. The van der Waals surface area contributed by atoms with Gasteiger partial charge in [-0.15, -0.1) is 0 Å². The maximum atomic E-state index is 5.83. The van der Waals surface area contributed by atoms with Crippen LogP contribution in [0.3, 0.4) is 0 Å². The standard InChI is InChI=1S/C15H21N3O/c1-15(2,3)10-6-7-18(9-10)14-17-12-8-11(16)4-5-13(12)19-14/h4-5,8,10H,6-7,9,16H2,1-3H3. The molecule has 0 radical (unpaired) electrons. The highest BCUT2D eigenvalue weighted by atomic mass is 16.4. The third-order valence-electron chi connectivity index (χ3n) is 4.08. The van der Waals surface area contributed by atoms with Crippen LogP contribution < -0.4 is 10.6 Å². The number of hydrogen-bond donors (Lipinski definition) is 1. The molecule has 19 heavy (non-hydrogen) atoms. The quantitative estimate of drug-likeness (QED) is 0.798. The SMILES string of the molecule is CC(C)(C)C1CCN(c2nc3cc(N)ccc3o2)C1. The molecule has 2 N–H and O–H groups in total. The van der Waals surface area contributed by atoms with Gasteiger partial charge in [-0.1, -0.05) is 20.8 Å². The highest BCUT2D eigenvalue weighted by Gasteiger charge is 2.33. The molecule has 1 atom stereocenters. The molecule has 2 aromatic rings. The van der Waals surface area contributed by atoms with Crippen LogP contribution in [0.1, 0.15) is 27.2 Å². The summed E-state index contributed by atoms with van der Waals surface area (Å²) in [7, 11) is 0. The van der Waals surface area contributed by atoms with Crippen LogP contribution in [0.25, 0.3) is 11.1 Å². The van der Waals surface area contributed by atoms with Gasteiger partial charge < -0.3 is 15.1 Å². The largest absolute Gasteiger partial charge is 0.423 e. The molecule has 1 aromatic carbocycles. The lowest BCUT2D eigenvalue weighted by Crippen LogP contribution is -2.25. The lowest BCUT2D eigenvalue weighted by Gasteiger charge is -2.26. The Morgan fingerprint density at radius 1 is 1.37 bits per heavy atom.